The van der Waals surface area contributed by atoms with E-state index >= 15 is 0 Å². The zero-order valence-electron chi connectivity index (χ0n) is 12.8. The van der Waals surface area contributed by atoms with Crippen molar-refractivity contribution in [2.45, 2.75) is 11.9 Å². The van der Waals surface area contributed by atoms with Crippen LogP contribution in [0.15, 0.2) is 54.6 Å². The second-order valence-electron chi connectivity index (χ2n) is 5.41. The van der Waals surface area contributed by atoms with Gasteiger partial charge < -0.3 is 14.2 Å². The monoisotopic (exact) mass is 410 g/mol. The van der Waals surface area contributed by atoms with Gasteiger partial charge in [0, 0.05) is 10.6 Å². The number of hydrogen-bond acceptors (Lipinski definition) is 4. The van der Waals surface area contributed by atoms with E-state index in [1.54, 1.807) is 36.4 Å². The van der Waals surface area contributed by atoms with E-state index in [1.807, 2.05) is 18.2 Å². The molecule has 4 nitrogen and oxygen atoms in total. The largest absolute Gasteiger partial charge is 0.459 e. The number of carbonyl (C=O) groups excluding carboxylic acids is 1. The van der Waals surface area contributed by atoms with E-state index in [0.717, 1.165) is 5.56 Å². The zero-order chi connectivity index (χ0) is 17.0. The van der Waals surface area contributed by atoms with Crippen LogP contribution in [0.4, 0.5) is 0 Å². The Morgan fingerprint density at radius 2 is 1.92 bits per heavy atom. The highest BCUT2D eigenvalue weighted by molar-refractivity contribution is 9.09. The van der Waals surface area contributed by atoms with Crippen LogP contribution in [0.1, 0.15) is 15.9 Å². The molecule has 0 aromatic heterocycles. The molecule has 0 radical (unpaired) electrons. The summed E-state index contributed by atoms with van der Waals surface area (Å²) in [4.78, 5) is 12.0. The molecular formula is C18H16BrClO4. The molecule has 3 rings (SSSR count). The van der Waals surface area contributed by atoms with Crippen LogP contribution < -0.4 is 0 Å². The molecule has 1 aliphatic rings. The lowest BCUT2D eigenvalue weighted by Crippen LogP contribution is -2.31. The molecule has 0 amide bonds. The van der Waals surface area contributed by atoms with Gasteiger partial charge in [0.05, 0.1) is 17.5 Å². The maximum atomic E-state index is 12.0. The van der Waals surface area contributed by atoms with Crippen molar-refractivity contribution >= 4 is 33.5 Å². The van der Waals surface area contributed by atoms with Crippen molar-refractivity contribution < 1.29 is 19.0 Å². The Morgan fingerprint density at radius 3 is 2.58 bits per heavy atom. The average Bonchev–Trinajstić information content (AvgIpc) is 3.06. The normalized spacial score (nSPS) is 23.2. The minimum Gasteiger partial charge on any atom is -0.459 e. The lowest BCUT2D eigenvalue weighted by atomic mass is 10.1. The molecule has 0 aliphatic carbocycles. The lowest BCUT2D eigenvalue weighted by molar-refractivity contribution is -0.160. The third kappa shape index (κ3) is 3.81. The van der Waals surface area contributed by atoms with E-state index in [1.165, 1.54) is 0 Å². The van der Waals surface area contributed by atoms with Crippen molar-refractivity contribution in [2.75, 3.05) is 18.5 Å². The van der Waals surface area contributed by atoms with Crippen molar-refractivity contribution in [3.05, 3.63) is 70.7 Å². The van der Waals surface area contributed by atoms with Gasteiger partial charge in [-0.3, -0.25) is 0 Å². The number of hydrogen-bond donors (Lipinski definition) is 0. The summed E-state index contributed by atoms with van der Waals surface area (Å²) in [5.74, 6) is -1.27. The van der Waals surface area contributed by atoms with Gasteiger partial charge in [-0.2, -0.15) is 0 Å². The Balaban J connectivity index is 1.62. The Morgan fingerprint density at radius 1 is 1.21 bits per heavy atom. The third-order valence-corrected chi connectivity index (χ3v) is 4.72. The highest BCUT2D eigenvalue weighted by Crippen LogP contribution is 2.36. The maximum Gasteiger partial charge on any atom is 0.338 e. The predicted octanol–water partition coefficient (Wildman–Crippen LogP) is 4.16. The first kappa shape index (κ1) is 17.4. The number of halogens is 2. The molecule has 1 heterocycles. The van der Waals surface area contributed by atoms with E-state index in [4.69, 9.17) is 25.8 Å². The molecule has 2 atom stereocenters. The second kappa shape index (κ2) is 7.66. The first-order chi connectivity index (χ1) is 11.6. The fraction of sp³-hybridized carbons (Fsp3) is 0.278. The summed E-state index contributed by atoms with van der Waals surface area (Å²) in [6, 6.07) is 16.2. The molecular weight excluding hydrogens is 396 g/mol. The Bertz CT molecular complexity index is 692. The summed E-state index contributed by atoms with van der Waals surface area (Å²) in [5, 5.41) is 1.11. The van der Waals surface area contributed by atoms with E-state index in [0.29, 0.717) is 22.5 Å². The fourth-order valence-corrected chi connectivity index (χ4v) is 3.22. The minimum absolute atomic E-state index is 0.135. The van der Waals surface area contributed by atoms with Gasteiger partial charge in [-0.15, -0.1) is 0 Å². The van der Waals surface area contributed by atoms with E-state index in [9.17, 15) is 4.79 Å². The number of esters is 1. The molecule has 0 N–H and O–H groups in total. The topological polar surface area (TPSA) is 44.8 Å². The van der Waals surface area contributed by atoms with Gasteiger partial charge in [0.15, 0.2) is 0 Å². The molecule has 0 spiro atoms. The Kier molecular flexibility index (Phi) is 5.56. The molecule has 0 bridgehead atoms. The number of rotatable bonds is 5. The minimum atomic E-state index is -0.894. The third-order valence-electron chi connectivity index (χ3n) is 3.73. The quantitative estimate of drug-likeness (QED) is 0.547. The van der Waals surface area contributed by atoms with Crippen LogP contribution in [0, 0.1) is 0 Å². The van der Waals surface area contributed by atoms with Gasteiger partial charge in [0.25, 0.3) is 0 Å². The van der Waals surface area contributed by atoms with Gasteiger partial charge in [-0.25, -0.2) is 4.79 Å². The zero-order valence-corrected chi connectivity index (χ0v) is 15.1. The van der Waals surface area contributed by atoms with Crippen LogP contribution in [0.5, 0.6) is 0 Å². The molecule has 0 unspecified atom stereocenters. The molecule has 2 aromatic rings. The van der Waals surface area contributed by atoms with Gasteiger partial charge >= 0.3 is 5.97 Å². The van der Waals surface area contributed by atoms with Crippen molar-refractivity contribution in [1.82, 2.24) is 0 Å². The summed E-state index contributed by atoms with van der Waals surface area (Å²) < 4.78 is 17.2. The van der Waals surface area contributed by atoms with Gasteiger partial charge in [0.2, 0.25) is 5.79 Å². The highest BCUT2D eigenvalue weighted by Gasteiger charge is 2.42. The number of carbonyl (C=O) groups is 1. The van der Waals surface area contributed by atoms with Crippen LogP contribution in [0.25, 0.3) is 0 Å². The number of alkyl halides is 1. The maximum absolute atomic E-state index is 12.0. The smallest absolute Gasteiger partial charge is 0.338 e. The molecule has 2 aromatic carbocycles. The first-order valence-corrected chi connectivity index (χ1v) is 8.99. The second-order valence-corrected chi connectivity index (χ2v) is 6.41. The van der Waals surface area contributed by atoms with Crippen molar-refractivity contribution in [1.29, 1.82) is 0 Å². The standard InChI is InChI=1S/C18H16BrClO4/c19-12-18(14-6-8-15(20)9-7-14)23-11-16(24-18)10-22-17(21)13-4-2-1-3-5-13/h1-9,16H,10-12H2/t16-,18+/m1/s1. The SMILES string of the molecule is O=C(OC[C@@H]1CO[C@](CBr)(c2ccc(Cl)cc2)O1)c1ccccc1. The molecule has 24 heavy (non-hydrogen) atoms. The number of benzene rings is 2. The van der Waals surface area contributed by atoms with Crippen LogP contribution in [0.3, 0.4) is 0 Å². The van der Waals surface area contributed by atoms with Crippen molar-refractivity contribution in [3.8, 4) is 0 Å². The van der Waals surface area contributed by atoms with Crippen molar-refractivity contribution in [3.63, 3.8) is 0 Å². The fourth-order valence-electron chi connectivity index (χ4n) is 2.48. The van der Waals surface area contributed by atoms with Gasteiger partial charge in [0.1, 0.15) is 12.7 Å². The molecule has 1 saturated heterocycles. The molecule has 6 heteroatoms. The van der Waals surface area contributed by atoms with Gasteiger partial charge in [-0.1, -0.05) is 57.9 Å². The average molecular weight is 412 g/mol. The molecule has 0 saturated carbocycles. The predicted molar refractivity (Wildman–Crippen MR) is 94.5 cm³/mol. The van der Waals surface area contributed by atoms with Crippen LogP contribution in [0.2, 0.25) is 5.02 Å². The first-order valence-electron chi connectivity index (χ1n) is 7.49. The highest BCUT2D eigenvalue weighted by atomic mass is 79.9. The Labute approximate surface area is 153 Å². The molecule has 1 aliphatic heterocycles. The Hall–Kier alpha value is -1.40. The van der Waals surface area contributed by atoms with E-state index in [-0.39, 0.29) is 18.7 Å². The summed E-state index contributed by atoms with van der Waals surface area (Å²) in [6.07, 6.45) is -0.328. The van der Waals surface area contributed by atoms with Crippen LogP contribution in [-0.4, -0.2) is 30.6 Å². The molecule has 126 valence electrons. The van der Waals surface area contributed by atoms with Crippen molar-refractivity contribution in [2.24, 2.45) is 0 Å². The summed E-state index contributed by atoms with van der Waals surface area (Å²) in [5.41, 5.74) is 1.38. The van der Waals surface area contributed by atoms with Crippen LogP contribution in [-0.2, 0) is 20.0 Å². The van der Waals surface area contributed by atoms with Crippen LogP contribution >= 0.6 is 27.5 Å². The summed E-state index contributed by atoms with van der Waals surface area (Å²) in [6.45, 7) is 0.479. The number of ether oxygens (including phenoxy) is 3. The summed E-state index contributed by atoms with van der Waals surface area (Å²) in [7, 11) is 0. The van der Waals surface area contributed by atoms with E-state index in [2.05, 4.69) is 15.9 Å². The summed E-state index contributed by atoms with van der Waals surface area (Å²) >= 11 is 9.37. The lowest BCUT2D eigenvalue weighted by Gasteiger charge is -2.26. The van der Waals surface area contributed by atoms with E-state index < -0.39 is 5.79 Å². The molecule has 1 fully saturated rings. The van der Waals surface area contributed by atoms with Gasteiger partial charge in [-0.05, 0) is 24.3 Å².